The maximum absolute atomic E-state index is 12.8. The van der Waals surface area contributed by atoms with Crippen LogP contribution in [0.25, 0.3) is 0 Å². The molecule has 30 heavy (non-hydrogen) atoms. The fourth-order valence-electron chi connectivity index (χ4n) is 3.40. The molecule has 4 rings (SSSR count). The summed E-state index contributed by atoms with van der Waals surface area (Å²) in [5.41, 5.74) is 1.45. The Kier molecular flexibility index (Phi) is 5.90. The molecule has 3 unspecified atom stereocenters. The number of para-hydroxylation sites is 1. The molecular weight excluding hydrogens is 400 g/mol. The molecule has 2 aromatic carbocycles. The Hall–Kier alpha value is -3.06. The van der Waals surface area contributed by atoms with Gasteiger partial charge in [-0.15, -0.1) is 0 Å². The number of fused-ring (bicyclic) bond motifs is 1. The van der Waals surface area contributed by atoms with Crippen molar-refractivity contribution in [2.24, 2.45) is 4.99 Å². The average Bonchev–Trinajstić information content (AvgIpc) is 3.15. The first-order valence-corrected chi connectivity index (χ1v) is 10.5. The first kappa shape index (κ1) is 20.2. The zero-order chi connectivity index (χ0) is 21.1. The van der Waals surface area contributed by atoms with E-state index in [4.69, 9.17) is 9.47 Å². The topological polar surface area (TPSA) is 68.2 Å². The molecule has 0 bridgehead atoms. The monoisotopic (exact) mass is 422 g/mol. The number of rotatable bonds is 8. The standard InChI is InChI=1S/C23H22N2O4S/c1-15(2)20(23(27)29-13-16-9-5-3-6-10-16)25-21(26)19-22(25)30-18(24-19)14-28-17-11-7-4-8-12-17/h3-12,19-20,22H,1,13-14H2,2H3. The summed E-state index contributed by atoms with van der Waals surface area (Å²) in [5.74, 6) is 0.0761. The van der Waals surface area contributed by atoms with Crippen LogP contribution < -0.4 is 4.74 Å². The van der Waals surface area contributed by atoms with Gasteiger partial charge in [0.05, 0.1) is 0 Å². The molecule has 154 valence electrons. The Bertz CT molecular complexity index is 977. The van der Waals surface area contributed by atoms with Gasteiger partial charge in [-0.05, 0) is 30.2 Å². The molecule has 2 aliphatic heterocycles. The van der Waals surface area contributed by atoms with Gasteiger partial charge in [-0.25, -0.2) is 4.79 Å². The minimum atomic E-state index is -0.820. The normalized spacial score (nSPS) is 20.6. The van der Waals surface area contributed by atoms with Crippen LogP contribution in [0.5, 0.6) is 5.75 Å². The molecule has 1 saturated heterocycles. The lowest BCUT2D eigenvalue weighted by atomic mass is 10.00. The lowest BCUT2D eigenvalue weighted by molar-refractivity contribution is -0.161. The van der Waals surface area contributed by atoms with E-state index >= 15 is 0 Å². The average molecular weight is 423 g/mol. The lowest BCUT2D eigenvalue weighted by Crippen LogP contribution is -2.66. The summed E-state index contributed by atoms with van der Waals surface area (Å²) >= 11 is 1.45. The van der Waals surface area contributed by atoms with E-state index in [9.17, 15) is 9.59 Å². The molecule has 0 N–H and O–H groups in total. The molecular formula is C23H22N2O4S. The van der Waals surface area contributed by atoms with Gasteiger partial charge < -0.3 is 14.4 Å². The van der Waals surface area contributed by atoms with Crippen molar-refractivity contribution in [2.45, 2.75) is 31.0 Å². The molecule has 6 nitrogen and oxygen atoms in total. The minimum Gasteiger partial charge on any atom is -0.487 e. The van der Waals surface area contributed by atoms with Gasteiger partial charge in [-0.3, -0.25) is 9.79 Å². The molecule has 2 aliphatic rings. The molecule has 7 heteroatoms. The Balaban J connectivity index is 1.38. The second kappa shape index (κ2) is 8.75. The Morgan fingerprint density at radius 1 is 1.13 bits per heavy atom. The fourth-order valence-corrected chi connectivity index (χ4v) is 4.63. The molecule has 2 aromatic rings. The highest BCUT2D eigenvalue weighted by Gasteiger charge is 2.56. The predicted molar refractivity (Wildman–Crippen MR) is 116 cm³/mol. The number of β-lactam (4-membered cyclic amide) rings is 1. The van der Waals surface area contributed by atoms with Gasteiger partial charge in [0, 0.05) is 0 Å². The summed E-state index contributed by atoms with van der Waals surface area (Å²) in [6.45, 7) is 6.09. The van der Waals surface area contributed by atoms with E-state index in [1.807, 2.05) is 60.7 Å². The van der Waals surface area contributed by atoms with Crippen molar-refractivity contribution < 1.29 is 19.1 Å². The first-order valence-electron chi connectivity index (χ1n) is 9.64. The number of ether oxygens (including phenoxy) is 2. The van der Waals surface area contributed by atoms with E-state index in [1.165, 1.54) is 16.7 Å². The van der Waals surface area contributed by atoms with Crippen molar-refractivity contribution >= 4 is 28.7 Å². The maximum atomic E-state index is 12.8. The molecule has 0 saturated carbocycles. The zero-order valence-electron chi connectivity index (χ0n) is 16.6. The van der Waals surface area contributed by atoms with Crippen molar-refractivity contribution in [2.75, 3.05) is 6.61 Å². The fraction of sp³-hybridized carbons (Fsp3) is 0.261. The summed E-state index contributed by atoms with van der Waals surface area (Å²) < 4.78 is 11.2. The molecule has 1 fully saturated rings. The van der Waals surface area contributed by atoms with E-state index in [-0.39, 0.29) is 17.9 Å². The van der Waals surface area contributed by atoms with Crippen molar-refractivity contribution in [3.05, 3.63) is 78.4 Å². The van der Waals surface area contributed by atoms with Crippen molar-refractivity contribution in [3.63, 3.8) is 0 Å². The van der Waals surface area contributed by atoms with Crippen LogP contribution in [0.2, 0.25) is 0 Å². The quantitative estimate of drug-likeness (QED) is 0.370. The highest BCUT2D eigenvalue weighted by atomic mass is 32.2. The Morgan fingerprint density at radius 2 is 1.80 bits per heavy atom. The van der Waals surface area contributed by atoms with Gasteiger partial charge in [-0.2, -0.15) is 0 Å². The van der Waals surface area contributed by atoms with E-state index < -0.39 is 18.1 Å². The number of likely N-dealkylation sites (tertiary alicyclic amines) is 1. The zero-order valence-corrected chi connectivity index (χ0v) is 17.4. The first-order chi connectivity index (χ1) is 14.5. The summed E-state index contributed by atoms with van der Waals surface area (Å²) in [6.07, 6.45) is 0. The molecule has 3 atom stereocenters. The van der Waals surface area contributed by atoms with Crippen LogP contribution in [-0.4, -0.2) is 45.9 Å². The van der Waals surface area contributed by atoms with E-state index in [2.05, 4.69) is 11.6 Å². The van der Waals surface area contributed by atoms with Crippen LogP contribution in [0.4, 0.5) is 0 Å². The summed E-state index contributed by atoms with van der Waals surface area (Å²) in [6, 6.07) is 17.6. The van der Waals surface area contributed by atoms with E-state index in [0.29, 0.717) is 12.2 Å². The van der Waals surface area contributed by atoms with Crippen LogP contribution >= 0.6 is 11.8 Å². The third-order valence-corrected chi connectivity index (χ3v) is 6.11. The number of aliphatic imine (C=N–C) groups is 1. The molecule has 0 spiro atoms. The minimum absolute atomic E-state index is 0.152. The predicted octanol–water partition coefficient (Wildman–Crippen LogP) is 3.44. The van der Waals surface area contributed by atoms with Gasteiger partial charge in [-0.1, -0.05) is 66.9 Å². The largest absolute Gasteiger partial charge is 0.487 e. The van der Waals surface area contributed by atoms with Gasteiger partial charge in [0.1, 0.15) is 29.4 Å². The van der Waals surface area contributed by atoms with Crippen LogP contribution in [-0.2, 0) is 20.9 Å². The molecule has 1 amide bonds. The Labute approximate surface area is 179 Å². The number of carbonyl (C=O) groups excluding carboxylic acids is 2. The second-order valence-corrected chi connectivity index (χ2v) is 8.36. The van der Waals surface area contributed by atoms with Crippen LogP contribution in [0.3, 0.4) is 0 Å². The van der Waals surface area contributed by atoms with Crippen LogP contribution in [0, 0.1) is 0 Å². The van der Waals surface area contributed by atoms with Crippen LogP contribution in [0.1, 0.15) is 12.5 Å². The number of amides is 1. The second-order valence-electron chi connectivity index (χ2n) is 7.17. The van der Waals surface area contributed by atoms with Gasteiger partial charge in [0.2, 0.25) is 0 Å². The molecule has 0 radical (unpaired) electrons. The molecule has 0 aromatic heterocycles. The third kappa shape index (κ3) is 4.11. The van der Waals surface area contributed by atoms with Crippen molar-refractivity contribution in [1.29, 1.82) is 0 Å². The Morgan fingerprint density at radius 3 is 2.47 bits per heavy atom. The van der Waals surface area contributed by atoms with Crippen LogP contribution in [0.15, 0.2) is 77.8 Å². The smallest absolute Gasteiger partial charge is 0.333 e. The van der Waals surface area contributed by atoms with Gasteiger partial charge >= 0.3 is 5.97 Å². The third-order valence-electron chi connectivity index (χ3n) is 4.89. The number of hydrogen-bond donors (Lipinski definition) is 0. The highest BCUT2D eigenvalue weighted by molar-refractivity contribution is 8.15. The SMILES string of the molecule is C=C(C)C(C(=O)OCc1ccccc1)N1C(=O)C2N=C(COc3ccccc3)SC21. The van der Waals surface area contributed by atoms with E-state index in [0.717, 1.165) is 16.4 Å². The van der Waals surface area contributed by atoms with Gasteiger partial charge in [0.25, 0.3) is 5.91 Å². The molecule has 0 aliphatic carbocycles. The summed E-state index contributed by atoms with van der Waals surface area (Å²) in [5, 5.41) is 0.501. The van der Waals surface area contributed by atoms with Crippen molar-refractivity contribution in [1.82, 2.24) is 4.90 Å². The van der Waals surface area contributed by atoms with Gasteiger partial charge in [0.15, 0.2) is 12.1 Å². The number of esters is 1. The lowest BCUT2D eigenvalue weighted by Gasteiger charge is -2.45. The number of nitrogens with zero attached hydrogens (tertiary/aromatic N) is 2. The van der Waals surface area contributed by atoms with E-state index in [1.54, 1.807) is 6.92 Å². The summed E-state index contributed by atoms with van der Waals surface area (Å²) in [7, 11) is 0. The highest BCUT2D eigenvalue weighted by Crippen LogP contribution is 2.41. The summed E-state index contributed by atoms with van der Waals surface area (Å²) in [4.78, 5) is 31.5. The number of benzene rings is 2. The number of thioether (sulfide) groups is 1. The maximum Gasteiger partial charge on any atom is 0.333 e. The number of hydrogen-bond acceptors (Lipinski definition) is 6. The molecule has 2 heterocycles. The number of carbonyl (C=O) groups is 2. The van der Waals surface area contributed by atoms with Crippen molar-refractivity contribution in [3.8, 4) is 5.75 Å².